The zero-order chi connectivity index (χ0) is 16.2. The van der Waals surface area contributed by atoms with E-state index in [1.807, 2.05) is 24.3 Å². The molecule has 0 atom stereocenters. The molecule has 0 amide bonds. The summed E-state index contributed by atoms with van der Waals surface area (Å²) < 4.78 is 5.22. The Labute approximate surface area is 147 Å². The van der Waals surface area contributed by atoms with Crippen LogP contribution in [0.5, 0.6) is 5.75 Å². The number of hydrogen-bond acceptors (Lipinski definition) is 2. The second kappa shape index (κ2) is 7.43. The van der Waals surface area contributed by atoms with Crippen LogP contribution in [0.25, 0.3) is 0 Å². The second-order valence-electron chi connectivity index (χ2n) is 5.86. The molecule has 3 rings (SSSR count). The summed E-state index contributed by atoms with van der Waals surface area (Å²) in [6.07, 6.45) is 0. The SMILES string of the molecule is COc1ccc(N2CC[NH+](Cc3ccc(Cl)c(Cl)c3)CC2)cc1. The first-order chi connectivity index (χ1) is 11.2. The van der Waals surface area contributed by atoms with Crippen LogP contribution in [0.15, 0.2) is 42.5 Å². The van der Waals surface area contributed by atoms with E-state index < -0.39 is 0 Å². The summed E-state index contributed by atoms with van der Waals surface area (Å²) in [6, 6.07) is 14.2. The van der Waals surface area contributed by atoms with Gasteiger partial charge < -0.3 is 14.5 Å². The summed E-state index contributed by atoms with van der Waals surface area (Å²) in [7, 11) is 1.69. The van der Waals surface area contributed by atoms with Crippen molar-refractivity contribution >= 4 is 28.9 Å². The number of anilines is 1. The van der Waals surface area contributed by atoms with Crippen LogP contribution < -0.4 is 14.5 Å². The quantitative estimate of drug-likeness (QED) is 0.911. The predicted molar refractivity (Wildman–Crippen MR) is 96.1 cm³/mol. The zero-order valence-electron chi connectivity index (χ0n) is 13.2. The first kappa shape index (κ1) is 16.4. The summed E-state index contributed by atoms with van der Waals surface area (Å²) in [5.74, 6) is 0.901. The molecule has 2 aromatic rings. The van der Waals surface area contributed by atoms with Crippen LogP contribution in [0.3, 0.4) is 0 Å². The molecule has 2 aromatic carbocycles. The molecule has 122 valence electrons. The molecule has 0 aliphatic carbocycles. The van der Waals surface area contributed by atoms with Gasteiger partial charge in [-0.05, 0) is 36.4 Å². The molecule has 1 fully saturated rings. The third kappa shape index (κ3) is 4.11. The first-order valence-corrected chi connectivity index (χ1v) is 8.58. The maximum Gasteiger partial charge on any atom is 0.119 e. The number of nitrogens with one attached hydrogen (secondary N) is 1. The van der Waals surface area contributed by atoms with E-state index in [1.54, 1.807) is 12.0 Å². The molecule has 0 saturated carbocycles. The van der Waals surface area contributed by atoms with Gasteiger partial charge in [-0.15, -0.1) is 0 Å². The Hall–Kier alpha value is -1.42. The number of nitrogens with zero attached hydrogens (tertiary/aromatic N) is 1. The van der Waals surface area contributed by atoms with Gasteiger partial charge in [0, 0.05) is 11.3 Å². The van der Waals surface area contributed by atoms with Gasteiger partial charge in [-0.3, -0.25) is 0 Å². The molecule has 1 N–H and O–H groups in total. The van der Waals surface area contributed by atoms with Crippen molar-refractivity contribution in [1.82, 2.24) is 0 Å². The maximum atomic E-state index is 6.10. The van der Waals surface area contributed by atoms with Crippen LogP contribution in [-0.2, 0) is 6.54 Å². The number of quaternary nitrogens is 1. The van der Waals surface area contributed by atoms with E-state index >= 15 is 0 Å². The largest absolute Gasteiger partial charge is 0.497 e. The van der Waals surface area contributed by atoms with Crippen LogP contribution in [0.4, 0.5) is 5.69 Å². The maximum absolute atomic E-state index is 6.10. The van der Waals surface area contributed by atoms with Crippen molar-refractivity contribution in [2.45, 2.75) is 6.54 Å². The average Bonchev–Trinajstić information content (AvgIpc) is 2.59. The van der Waals surface area contributed by atoms with Crippen LogP contribution in [0.1, 0.15) is 5.56 Å². The van der Waals surface area contributed by atoms with Crippen molar-refractivity contribution in [3.63, 3.8) is 0 Å². The minimum absolute atomic E-state index is 0.620. The molecular formula is C18H21Cl2N2O+. The summed E-state index contributed by atoms with van der Waals surface area (Å²) in [6.45, 7) is 5.35. The predicted octanol–water partition coefficient (Wildman–Crippen LogP) is 2.91. The molecular weight excluding hydrogens is 331 g/mol. The van der Waals surface area contributed by atoms with E-state index in [1.165, 1.54) is 11.3 Å². The summed E-state index contributed by atoms with van der Waals surface area (Å²) >= 11 is 12.1. The van der Waals surface area contributed by atoms with E-state index in [-0.39, 0.29) is 0 Å². The zero-order valence-corrected chi connectivity index (χ0v) is 14.7. The lowest BCUT2D eigenvalue weighted by Gasteiger charge is -2.33. The summed E-state index contributed by atoms with van der Waals surface area (Å²) in [5.41, 5.74) is 2.51. The highest BCUT2D eigenvalue weighted by Gasteiger charge is 2.20. The average molecular weight is 352 g/mol. The minimum atomic E-state index is 0.620. The fourth-order valence-electron chi connectivity index (χ4n) is 2.99. The van der Waals surface area contributed by atoms with E-state index in [0.29, 0.717) is 10.0 Å². The third-order valence-electron chi connectivity index (χ3n) is 4.35. The fourth-order valence-corrected chi connectivity index (χ4v) is 3.31. The highest BCUT2D eigenvalue weighted by molar-refractivity contribution is 6.42. The normalized spacial score (nSPS) is 15.7. The van der Waals surface area contributed by atoms with E-state index in [4.69, 9.17) is 27.9 Å². The van der Waals surface area contributed by atoms with Gasteiger partial charge in [-0.1, -0.05) is 29.3 Å². The topological polar surface area (TPSA) is 16.9 Å². The van der Waals surface area contributed by atoms with Crippen molar-refractivity contribution in [3.05, 3.63) is 58.1 Å². The lowest BCUT2D eigenvalue weighted by molar-refractivity contribution is -0.914. The van der Waals surface area contributed by atoms with Gasteiger partial charge >= 0.3 is 0 Å². The third-order valence-corrected chi connectivity index (χ3v) is 5.09. The van der Waals surface area contributed by atoms with Crippen LogP contribution in [0, 0.1) is 0 Å². The Balaban J connectivity index is 1.56. The van der Waals surface area contributed by atoms with Crippen molar-refractivity contribution in [1.29, 1.82) is 0 Å². The van der Waals surface area contributed by atoms with Gasteiger partial charge in [0.05, 0.1) is 43.3 Å². The van der Waals surface area contributed by atoms with Crippen molar-refractivity contribution in [2.24, 2.45) is 0 Å². The molecule has 1 aliphatic rings. The van der Waals surface area contributed by atoms with E-state index in [9.17, 15) is 0 Å². The molecule has 23 heavy (non-hydrogen) atoms. The fraction of sp³-hybridized carbons (Fsp3) is 0.333. The highest BCUT2D eigenvalue weighted by Crippen LogP contribution is 2.22. The monoisotopic (exact) mass is 351 g/mol. The van der Waals surface area contributed by atoms with Gasteiger partial charge in [0.2, 0.25) is 0 Å². The first-order valence-electron chi connectivity index (χ1n) is 7.82. The standard InChI is InChI=1S/C18H20Cl2N2O/c1-23-16-5-3-15(4-6-16)22-10-8-21(9-11-22)13-14-2-7-17(19)18(20)12-14/h2-7,12H,8-11,13H2,1H3/p+1. The Morgan fingerprint density at radius 1 is 1.00 bits per heavy atom. The molecule has 0 spiro atoms. The molecule has 1 aliphatic heterocycles. The van der Waals surface area contributed by atoms with Crippen LogP contribution in [0.2, 0.25) is 10.0 Å². The number of halogens is 2. The van der Waals surface area contributed by atoms with E-state index in [0.717, 1.165) is 38.5 Å². The van der Waals surface area contributed by atoms with Crippen LogP contribution in [-0.4, -0.2) is 33.3 Å². The number of hydrogen-bond donors (Lipinski definition) is 1. The summed E-state index contributed by atoms with van der Waals surface area (Å²) in [5, 5.41) is 1.26. The Morgan fingerprint density at radius 2 is 1.70 bits per heavy atom. The molecule has 5 heteroatoms. The van der Waals surface area contributed by atoms with Crippen molar-refractivity contribution in [3.8, 4) is 5.75 Å². The lowest BCUT2D eigenvalue weighted by atomic mass is 10.2. The van der Waals surface area contributed by atoms with Gasteiger partial charge in [-0.2, -0.15) is 0 Å². The lowest BCUT2D eigenvalue weighted by Crippen LogP contribution is -3.13. The highest BCUT2D eigenvalue weighted by atomic mass is 35.5. The van der Waals surface area contributed by atoms with Gasteiger partial charge in [-0.25, -0.2) is 0 Å². The van der Waals surface area contributed by atoms with Crippen LogP contribution >= 0.6 is 23.2 Å². The Kier molecular flexibility index (Phi) is 5.31. The molecule has 1 saturated heterocycles. The molecule has 0 bridgehead atoms. The van der Waals surface area contributed by atoms with Crippen molar-refractivity contribution in [2.75, 3.05) is 38.2 Å². The molecule has 0 unspecified atom stereocenters. The molecule has 3 nitrogen and oxygen atoms in total. The Morgan fingerprint density at radius 3 is 2.30 bits per heavy atom. The molecule has 0 aromatic heterocycles. The van der Waals surface area contributed by atoms with Gasteiger partial charge in [0.25, 0.3) is 0 Å². The van der Waals surface area contributed by atoms with Gasteiger partial charge in [0.15, 0.2) is 0 Å². The number of benzene rings is 2. The number of ether oxygens (including phenoxy) is 1. The number of rotatable bonds is 4. The second-order valence-corrected chi connectivity index (χ2v) is 6.67. The Bertz CT molecular complexity index is 653. The minimum Gasteiger partial charge on any atom is -0.497 e. The summed E-state index contributed by atoms with van der Waals surface area (Å²) in [4.78, 5) is 4.01. The smallest absolute Gasteiger partial charge is 0.119 e. The van der Waals surface area contributed by atoms with Gasteiger partial charge in [0.1, 0.15) is 12.3 Å². The molecule has 1 heterocycles. The van der Waals surface area contributed by atoms with Crippen molar-refractivity contribution < 1.29 is 9.64 Å². The number of methoxy groups -OCH3 is 1. The number of piperazine rings is 1. The molecule has 0 radical (unpaired) electrons. The van der Waals surface area contributed by atoms with E-state index in [2.05, 4.69) is 23.1 Å².